The van der Waals surface area contributed by atoms with E-state index < -0.39 is 5.83 Å². The Kier molecular flexibility index (Phi) is 3.12. The van der Waals surface area contributed by atoms with Crippen LogP contribution in [0.2, 0.25) is 0 Å². The van der Waals surface area contributed by atoms with Crippen LogP contribution in [0, 0.1) is 0 Å². The van der Waals surface area contributed by atoms with Crippen molar-refractivity contribution < 1.29 is 13.9 Å². The van der Waals surface area contributed by atoms with E-state index in [0.717, 1.165) is 11.6 Å². The minimum absolute atomic E-state index is 0.310. The van der Waals surface area contributed by atoms with E-state index in [1.54, 1.807) is 30.5 Å². The minimum atomic E-state index is -0.438. The molecule has 4 heteroatoms. The van der Waals surface area contributed by atoms with Gasteiger partial charge in [0.15, 0.2) is 12.2 Å². The molecule has 2 aromatic rings. The van der Waals surface area contributed by atoms with E-state index in [1.165, 1.54) is 6.39 Å². The third-order valence-electron chi connectivity index (χ3n) is 2.15. The van der Waals surface area contributed by atoms with Gasteiger partial charge in [-0.15, -0.1) is 0 Å². The van der Waals surface area contributed by atoms with Gasteiger partial charge in [-0.3, -0.25) is 0 Å². The molecule has 0 amide bonds. The molecule has 1 N–H and O–H groups in total. The van der Waals surface area contributed by atoms with Crippen molar-refractivity contribution in [2.75, 3.05) is 6.61 Å². The van der Waals surface area contributed by atoms with Crippen molar-refractivity contribution in [3.05, 3.63) is 48.5 Å². The topological polar surface area (TPSA) is 46.3 Å². The molecule has 0 saturated carbocycles. The quantitative estimate of drug-likeness (QED) is 0.863. The first kappa shape index (κ1) is 10.6. The molecule has 0 spiro atoms. The third kappa shape index (κ3) is 2.17. The minimum Gasteiger partial charge on any atom is -0.444 e. The predicted octanol–water partition coefficient (Wildman–Crippen LogP) is 2.64. The first-order valence-electron chi connectivity index (χ1n) is 4.77. The van der Waals surface area contributed by atoms with Gasteiger partial charge in [0.2, 0.25) is 0 Å². The lowest BCUT2D eigenvalue weighted by molar-refractivity contribution is 0.342. The Balaban J connectivity index is 2.26. The lowest BCUT2D eigenvalue weighted by atomic mass is 10.1. The van der Waals surface area contributed by atoms with E-state index in [-0.39, 0.29) is 6.61 Å². The van der Waals surface area contributed by atoms with Gasteiger partial charge in [0, 0.05) is 11.1 Å². The SMILES string of the molecule is OC/C=C(\F)c1ccc(-c2cnco2)cc1. The van der Waals surface area contributed by atoms with Crippen molar-refractivity contribution in [3.8, 4) is 11.3 Å². The summed E-state index contributed by atoms with van der Waals surface area (Å²) in [6.07, 6.45) is 4.05. The number of rotatable bonds is 3. The fourth-order valence-electron chi connectivity index (χ4n) is 1.35. The molecule has 1 aromatic heterocycles. The molecule has 3 nitrogen and oxygen atoms in total. The molecule has 16 heavy (non-hydrogen) atoms. The average Bonchev–Trinajstić information content (AvgIpc) is 2.83. The smallest absolute Gasteiger partial charge is 0.181 e. The predicted molar refractivity (Wildman–Crippen MR) is 58.1 cm³/mol. The Hall–Kier alpha value is -1.94. The Labute approximate surface area is 91.9 Å². The van der Waals surface area contributed by atoms with Gasteiger partial charge in [-0.05, 0) is 6.08 Å². The molecular weight excluding hydrogens is 209 g/mol. The van der Waals surface area contributed by atoms with Gasteiger partial charge in [-0.2, -0.15) is 0 Å². The van der Waals surface area contributed by atoms with Crippen molar-refractivity contribution >= 4 is 5.83 Å². The number of hydrogen-bond acceptors (Lipinski definition) is 3. The standard InChI is InChI=1S/C12H10FNO2/c13-11(5-6-15)9-1-3-10(4-2-9)12-7-14-8-16-12/h1-5,7-8,15H,6H2/b11-5-. The van der Waals surface area contributed by atoms with Gasteiger partial charge in [-0.25, -0.2) is 9.37 Å². The maximum absolute atomic E-state index is 13.3. The number of halogens is 1. The molecule has 0 atom stereocenters. The maximum atomic E-state index is 13.3. The summed E-state index contributed by atoms with van der Waals surface area (Å²) in [5.41, 5.74) is 1.26. The molecule has 1 heterocycles. The van der Waals surface area contributed by atoms with E-state index in [9.17, 15) is 4.39 Å². The van der Waals surface area contributed by atoms with Gasteiger partial charge in [0.05, 0.1) is 12.8 Å². The molecule has 0 saturated heterocycles. The number of nitrogens with zero attached hydrogens (tertiary/aromatic N) is 1. The summed E-state index contributed by atoms with van der Waals surface area (Å²) < 4.78 is 18.4. The Morgan fingerprint density at radius 3 is 2.69 bits per heavy atom. The van der Waals surface area contributed by atoms with Gasteiger partial charge < -0.3 is 9.52 Å². The zero-order valence-electron chi connectivity index (χ0n) is 8.43. The molecule has 0 fully saturated rings. The van der Waals surface area contributed by atoms with Crippen LogP contribution in [-0.2, 0) is 0 Å². The second-order valence-electron chi connectivity index (χ2n) is 3.18. The summed E-state index contributed by atoms with van der Waals surface area (Å²) in [5.74, 6) is 0.199. The molecule has 0 aliphatic heterocycles. The molecule has 2 rings (SSSR count). The first-order chi connectivity index (χ1) is 7.81. The molecule has 0 aliphatic carbocycles. The average molecular weight is 219 g/mol. The van der Waals surface area contributed by atoms with Crippen LogP contribution in [0.5, 0.6) is 0 Å². The second-order valence-corrected chi connectivity index (χ2v) is 3.18. The highest BCUT2D eigenvalue weighted by Crippen LogP contribution is 2.22. The van der Waals surface area contributed by atoms with Crippen LogP contribution in [-0.4, -0.2) is 16.7 Å². The number of aliphatic hydroxyl groups is 1. The van der Waals surface area contributed by atoms with Crippen molar-refractivity contribution in [2.45, 2.75) is 0 Å². The summed E-state index contributed by atoms with van der Waals surface area (Å²) in [6.45, 7) is -0.310. The van der Waals surface area contributed by atoms with Gasteiger partial charge in [0.25, 0.3) is 0 Å². The Bertz CT molecular complexity index is 474. The maximum Gasteiger partial charge on any atom is 0.181 e. The zero-order chi connectivity index (χ0) is 11.4. The number of hydrogen-bond donors (Lipinski definition) is 1. The third-order valence-corrected chi connectivity index (χ3v) is 2.15. The highest BCUT2D eigenvalue weighted by atomic mass is 19.1. The Morgan fingerprint density at radius 2 is 2.12 bits per heavy atom. The van der Waals surface area contributed by atoms with Crippen LogP contribution in [0.4, 0.5) is 4.39 Å². The van der Waals surface area contributed by atoms with E-state index in [0.29, 0.717) is 11.3 Å². The van der Waals surface area contributed by atoms with Crippen molar-refractivity contribution in [2.24, 2.45) is 0 Å². The number of aromatic nitrogens is 1. The fraction of sp³-hybridized carbons (Fsp3) is 0.0833. The fourth-order valence-corrected chi connectivity index (χ4v) is 1.35. The van der Waals surface area contributed by atoms with Crippen LogP contribution in [0.15, 0.2) is 47.3 Å². The summed E-state index contributed by atoms with van der Waals surface area (Å²) in [5, 5.41) is 8.56. The lowest BCUT2D eigenvalue weighted by Crippen LogP contribution is -1.82. The van der Waals surface area contributed by atoms with E-state index in [4.69, 9.17) is 9.52 Å². The van der Waals surface area contributed by atoms with Crippen molar-refractivity contribution in [1.82, 2.24) is 4.98 Å². The van der Waals surface area contributed by atoms with Gasteiger partial charge in [0.1, 0.15) is 5.83 Å². The number of aliphatic hydroxyl groups excluding tert-OH is 1. The van der Waals surface area contributed by atoms with E-state index in [1.807, 2.05) is 0 Å². The molecular formula is C12H10FNO2. The molecule has 82 valence electrons. The summed E-state index contributed by atoms with van der Waals surface area (Å²) in [7, 11) is 0. The van der Waals surface area contributed by atoms with Crippen molar-refractivity contribution in [3.63, 3.8) is 0 Å². The van der Waals surface area contributed by atoms with Crippen LogP contribution in [0.25, 0.3) is 17.2 Å². The van der Waals surface area contributed by atoms with E-state index in [2.05, 4.69) is 4.98 Å². The molecule has 0 radical (unpaired) electrons. The highest BCUT2D eigenvalue weighted by molar-refractivity contribution is 5.64. The van der Waals surface area contributed by atoms with Crippen molar-refractivity contribution in [1.29, 1.82) is 0 Å². The van der Waals surface area contributed by atoms with Crippen LogP contribution < -0.4 is 0 Å². The number of oxazole rings is 1. The van der Waals surface area contributed by atoms with Crippen LogP contribution in [0.3, 0.4) is 0 Å². The van der Waals surface area contributed by atoms with Gasteiger partial charge >= 0.3 is 0 Å². The first-order valence-corrected chi connectivity index (χ1v) is 4.77. The van der Waals surface area contributed by atoms with Crippen LogP contribution in [0.1, 0.15) is 5.56 Å². The summed E-state index contributed by atoms with van der Waals surface area (Å²) in [4.78, 5) is 3.80. The van der Waals surface area contributed by atoms with E-state index >= 15 is 0 Å². The number of benzene rings is 1. The van der Waals surface area contributed by atoms with Crippen LogP contribution >= 0.6 is 0 Å². The second kappa shape index (κ2) is 4.72. The highest BCUT2D eigenvalue weighted by Gasteiger charge is 2.03. The van der Waals surface area contributed by atoms with Gasteiger partial charge in [-0.1, -0.05) is 24.3 Å². The Morgan fingerprint density at radius 1 is 1.38 bits per heavy atom. The molecule has 0 bridgehead atoms. The monoisotopic (exact) mass is 219 g/mol. The molecule has 0 unspecified atom stereocenters. The zero-order valence-corrected chi connectivity index (χ0v) is 8.43. The summed E-state index contributed by atoms with van der Waals surface area (Å²) in [6, 6.07) is 6.72. The largest absolute Gasteiger partial charge is 0.444 e. The molecule has 1 aromatic carbocycles. The lowest BCUT2D eigenvalue weighted by Gasteiger charge is -1.99. The summed E-state index contributed by atoms with van der Waals surface area (Å²) >= 11 is 0. The molecule has 0 aliphatic rings. The normalized spacial score (nSPS) is 11.8.